The fourth-order valence-corrected chi connectivity index (χ4v) is 3.45. The Balaban J connectivity index is 1.33. The van der Waals surface area contributed by atoms with Gasteiger partial charge in [-0.25, -0.2) is 5.43 Å². The topological polar surface area (TPSA) is 96.4 Å². The summed E-state index contributed by atoms with van der Waals surface area (Å²) in [5, 5.41) is 10.8. The molecule has 5 aromatic rings. The van der Waals surface area contributed by atoms with Crippen LogP contribution in [0.5, 0.6) is 5.75 Å². The fraction of sp³-hybridized carbons (Fsp3) is 0.0345. The average molecular weight is 488 g/mol. The van der Waals surface area contributed by atoms with Crippen molar-refractivity contribution in [1.82, 2.24) is 15.0 Å². The third-order valence-electron chi connectivity index (χ3n) is 5.22. The lowest BCUT2D eigenvalue weighted by atomic mass is 10.2. The van der Waals surface area contributed by atoms with Gasteiger partial charge in [-0.2, -0.15) is 20.1 Å². The van der Waals surface area contributed by atoms with Gasteiger partial charge >= 0.3 is 0 Å². The van der Waals surface area contributed by atoms with Crippen LogP contribution in [0, 0.1) is 0 Å². The summed E-state index contributed by atoms with van der Waals surface area (Å²) in [6.07, 6.45) is 1.68. The zero-order valence-electron chi connectivity index (χ0n) is 20.0. The highest BCUT2D eigenvalue weighted by molar-refractivity contribution is 5.83. The summed E-state index contributed by atoms with van der Waals surface area (Å²) in [5.74, 6) is 1.77. The van der Waals surface area contributed by atoms with E-state index in [2.05, 4.69) is 36.1 Å². The Labute approximate surface area is 215 Å². The third kappa shape index (κ3) is 6.89. The van der Waals surface area contributed by atoms with E-state index in [-0.39, 0.29) is 5.95 Å². The second-order valence-corrected chi connectivity index (χ2v) is 7.97. The monoisotopic (exact) mass is 487 g/mol. The number of anilines is 5. The molecule has 3 N–H and O–H groups in total. The van der Waals surface area contributed by atoms with Crippen LogP contribution in [-0.2, 0) is 6.61 Å². The van der Waals surface area contributed by atoms with Gasteiger partial charge in [-0.15, -0.1) is 0 Å². The van der Waals surface area contributed by atoms with E-state index < -0.39 is 0 Å². The van der Waals surface area contributed by atoms with E-state index in [1.54, 1.807) is 6.21 Å². The Kier molecular flexibility index (Phi) is 7.59. The van der Waals surface area contributed by atoms with E-state index in [0.717, 1.165) is 28.3 Å². The lowest BCUT2D eigenvalue weighted by molar-refractivity contribution is 0.306. The highest BCUT2D eigenvalue weighted by Crippen LogP contribution is 2.20. The number of nitrogens with one attached hydrogen (secondary N) is 3. The molecule has 4 aromatic carbocycles. The summed E-state index contributed by atoms with van der Waals surface area (Å²) in [7, 11) is 0. The molecule has 0 spiro atoms. The normalized spacial score (nSPS) is 10.7. The Morgan fingerprint density at radius 2 is 1.11 bits per heavy atom. The lowest BCUT2D eigenvalue weighted by Gasteiger charge is -2.10. The molecule has 0 aliphatic heterocycles. The van der Waals surface area contributed by atoms with Crippen molar-refractivity contribution in [2.24, 2.45) is 5.10 Å². The largest absolute Gasteiger partial charge is 0.488 e. The molecule has 0 saturated heterocycles. The maximum Gasteiger partial charge on any atom is 0.250 e. The van der Waals surface area contributed by atoms with Gasteiger partial charge in [-0.05, 0) is 42.0 Å². The number of hydrazone groups is 1. The Morgan fingerprint density at radius 3 is 1.73 bits per heavy atom. The molecule has 182 valence electrons. The molecule has 0 amide bonds. The van der Waals surface area contributed by atoms with Crippen LogP contribution in [0.4, 0.5) is 29.2 Å². The van der Waals surface area contributed by atoms with Gasteiger partial charge in [0.2, 0.25) is 17.8 Å². The number of nitrogens with zero attached hydrogens (tertiary/aromatic N) is 4. The van der Waals surface area contributed by atoms with Gasteiger partial charge in [0.25, 0.3) is 0 Å². The predicted octanol–water partition coefficient (Wildman–Crippen LogP) is 6.38. The zero-order chi connectivity index (χ0) is 25.1. The molecular formula is C29H25N7O. The summed E-state index contributed by atoms with van der Waals surface area (Å²) < 4.78 is 6.02. The van der Waals surface area contributed by atoms with Crippen molar-refractivity contribution in [2.75, 3.05) is 16.1 Å². The first-order valence-corrected chi connectivity index (χ1v) is 11.8. The van der Waals surface area contributed by atoms with Crippen molar-refractivity contribution in [3.8, 4) is 5.75 Å². The number of hydrogen-bond acceptors (Lipinski definition) is 8. The minimum Gasteiger partial charge on any atom is -0.488 e. The molecular weight excluding hydrogens is 462 g/mol. The molecule has 5 rings (SSSR count). The number of benzene rings is 4. The minimum absolute atomic E-state index is 0.283. The molecule has 0 unspecified atom stereocenters. The number of hydrogen-bond donors (Lipinski definition) is 3. The van der Waals surface area contributed by atoms with Gasteiger partial charge in [0.15, 0.2) is 0 Å². The first-order chi connectivity index (χ1) is 18.3. The van der Waals surface area contributed by atoms with Crippen LogP contribution >= 0.6 is 0 Å². The van der Waals surface area contributed by atoms with E-state index in [1.165, 1.54) is 0 Å². The van der Waals surface area contributed by atoms with Crippen LogP contribution in [0.2, 0.25) is 0 Å². The van der Waals surface area contributed by atoms with Gasteiger partial charge < -0.3 is 15.4 Å². The molecule has 0 atom stereocenters. The lowest BCUT2D eigenvalue weighted by Crippen LogP contribution is -2.07. The molecule has 0 bridgehead atoms. The fourth-order valence-electron chi connectivity index (χ4n) is 3.45. The van der Waals surface area contributed by atoms with Crippen molar-refractivity contribution in [3.05, 3.63) is 126 Å². The van der Waals surface area contributed by atoms with Crippen molar-refractivity contribution in [3.63, 3.8) is 0 Å². The van der Waals surface area contributed by atoms with Gasteiger partial charge in [0.1, 0.15) is 12.4 Å². The molecule has 0 aliphatic carbocycles. The van der Waals surface area contributed by atoms with E-state index in [0.29, 0.717) is 18.5 Å². The maximum atomic E-state index is 6.02. The van der Waals surface area contributed by atoms with E-state index >= 15 is 0 Å². The molecule has 0 fully saturated rings. The molecule has 0 radical (unpaired) electrons. The van der Waals surface area contributed by atoms with Gasteiger partial charge in [0.05, 0.1) is 6.21 Å². The van der Waals surface area contributed by atoms with Gasteiger partial charge in [-0.3, -0.25) is 0 Å². The molecule has 1 aromatic heterocycles. The summed E-state index contributed by atoms with van der Waals surface area (Å²) in [5.41, 5.74) is 6.55. The zero-order valence-corrected chi connectivity index (χ0v) is 20.0. The molecule has 1 heterocycles. The number of aromatic nitrogens is 3. The van der Waals surface area contributed by atoms with Crippen LogP contribution in [0.15, 0.2) is 120 Å². The number of rotatable bonds is 10. The summed E-state index contributed by atoms with van der Waals surface area (Å²) in [4.78, 5) is 13.4. The Bertz CT molecular complexity index is 1390. The molecule has 0 aliphatic rings. The summed E-state index contributed by atoms with van der Waals surface area (Å²) in [6.45, 7) is 0.468. The molecule has 8 heteroatoms. The first-order valence-electron chi connectivity index (χ1n) is 11.8. The minimum atomic E-state index is 0.283. The van der Waals surface area contributed by atoms with Crippen molar-refractivity contribution in [1.29, 1.82) is 0 Å². The van der Waals surface area contributed by atoms with E-state index in [9.17, 15) is 0 Å². The first kappa shape index (κ1) is 23.5. The summed E-state index contributed by atoms with van der Waals surface area (Å²) in [6, 6.07) is 37.1. The Morgan fingerprint density at radius 1 is 0.595 bits per heavy atom. The summed E-state index contributed by atoms with van der Waals surface area (Å²) >= 11 is 0. The van der Waals surface area contributed by atoms with Crippen LogP contribution in [0.1, 0.15) is 11.1 Å². The highest BCUT2D eigenvalue weighted by Gasteiger charge is 2.08. The van der Waals surface area contributed by atoms with Crippen molar-refractivity contribution in [2.45, 2.75) is 6.61 Å². The van der Waals surface area contributed by atoms with Gasteiger partial charge in [0, 0.05) is 16.9 Å². The second-order valence-electron chi connectivity index (χ2n) is 7.97. The van der Waals surface area contributed by atoms with Crippen molar-refractivity contribution < 1.29 is 4.74 Å². The predicted molar refractivity (Wildman–Crippen MR) is 148 cm³/mol. The van der Waals surface area contributed by atoms with Crippen molar-refractivity contribution >= 4 is 35.4 Å². The Hall–Kier alpha value is -5.24. The molecule has 8 nitrogen and oxygen atoms in total. The van der Waals surface area contributed by atoms with E-state index in [1.807, 2.05) is 115 Å². The SMILES string of the molecule is C(=N/Nc1nc(Nc2ccccc2)nc(Nc2ccccc2)n1)/c1ccccc1OCc1ccccc1. The second kappa shape index (κ2) is 11.9. The maximum absolute atomic E-state index is 6.02. The van der Waals surface area contributed by atoms with Crippen LogP contribution in [-0.4, -0.2) is 21.2 Å². The average Bonchev–Trinajstić information content (AvgIpc) is 2.94. The van der Waals surface area contributed by atoms with Crippen LogP contribution < -0.4 is 20.8 Å². The highest BCUT2D eigenvalue weighted by atomic mass is 16.5. The number of ether oxygens (including phenoxy) is 1. The van der Waals surface area contributed by atoms with Crippen LogP contribution in [0.3, 0.4) is 0 Å². The van der Waals surface area contributed by atoms with Gasteiger partial charge in [-0.1, -0.05) is 78.9 Å². The molecule has 37 heavy (non-hydrogen) atoms. The standard InChI is InChI=1S/C29H25N7O/c1-4-12-22(13-5-1)21-37-26-19-11-10-14-23(26)20-30-36-29-34-27(31-24-15-6-2-7-16-24)33-28(35-29)32-25-17-8-3-9-18-25/h1-20H,21H2,(H3,31,32,33,34,35,36)/b30-20-. The van der Waals surface area contributed by atoms with E-state index in [4.69, 9.17) is 4.74 Å². The number of para-hydroxylation sites is 3. The smallest absolute Gasteiger partial charge is 0.250 e. The van der Waals surface area contributed by atoms with Crippen LogP contribution in [0.25, 0.3) is 0 Å². The quantitative estimate of drug-likeness (QED) is 0.155. The third-order valence-corrected chi connectivity index (χ3v) is 5.22. The molecule has 0 saturated carbocycles.